The number of benzene rings is 2. The van der Waals surface area contributed by atoms with E-state index in [4.69, 9.17) is 10.6 Å². The Labute approximate surface area is 147 Å². The van der Waals surface area contributed by atoms with Crippen molar-refractivity contribution < 1.29 is 4.74 Å². The molecule has 2 aromatic rings. The van der Waals surface area contributed by atoms with Crippen molar-refractivity contribution >= 4 is 38.5 Å². The first kappa shape index (κ1) is 16.7. The second-order valence-electron chi connectivity index (χ2n) is 4.94. The van der Waals surface area contributed by atoms with Crippen LogP contribution >= 0.6 is 38.5 Å². The lowest BCUT2D eigenvalue weighted by atomic mass is 9.93. The molecule has 3 N–H and O–H groups in total. The third-order valence-corrected chi connectivity index (χ3v) is 5.01. The smallest absolute Gasteiger partial charge is 0.122 e. The molecule has 0 aliphatic carbocycles. The van der Waals surface area contributed by atoms with Crippen molar-refractivity contribution in [3.8, 4) is 5.75 Å². The van der Waals surface area contributed by atoms with Crippen LogP contribution in [-0.4, -0.2) is 7.11 Å². The number of nitrogens with one attached hydrogen (secondary N) is 1. The molecule has 21 heavy (non-hydrogen) atoms. The minimum absolute atomic E-state index is 0.0565. The number of halogens is 2. The molecule has 3 nitrogen and oxygen atoms in total. The highest BCUT2D eigenvalue weighted by Crippen LogP contribution is 2.33. The summed E-state index contributed by atoms with van der Waals surface area (Å²) in [5, 5.41) is 0. The van der Waals surface area contributed by atoms with Gasteiger partial charge in [0.25, 0.3) is 0 Å². The summed E-state index contributed by atoms with van der Waals surface area (Å²) < 4.78 is 7.60. The van der Waals surface area contributed by atoms with Crippen LogP contribution in [0.4, 0.5) is 0 Å². The Morgan fingerprint density at radius 3 is 2.48 bits per heavy atom. The third-order valence-electron chi connectivity index (χ3n) is 3.53. The number of rotatable bonds is 4. The first-order chi connectivity index (χ1) is 9.97. The summed E-state index contributed by atoms with van der Waals surface area (Å²) in [6.07, 6.45) is 0. The Bertz CT molecular complexity index is 661. The van der Waals surface area contributed by atoms with Crippen LogP contribution in [0.25, 0.3) is 0 Å². The lowest BCUT2D eigenvalue weighted by molar-refractivity contribution is 0.411. The van der Waals surface area contributed by atoms with Gasteiger partial charge < -0.3 is 4.74 Å². The van der Waals surface area contributed by atoms with Gasteiger partial charge in [0.1, 0.15) is 5.75 Å². The first-order valence-corrected chi connectivity index (χ1v) is 8.41. The fourth-order valence-electron chi connectivity index (χ4n) is 2.43. The second-order valence-corrected chi connectivity index (χ2v) is 7.02. The van der Waals surface area contributed by atoms with Gasteiger partial charge in [0.15, 0.2) is 0 Å². The van der Waals surface area contributed by atoms with Gasteiger partial charge in [-0.15, -0.1) is 0 Å². The molecule has 0 heterocycles. The van der Waals surface area contributed by atoms with Gasteiger partial charge >= 0.3 is 0 Å². The van der Waals surface area contributed by atoms with Gasteiger partial charge in [-0.2, -0.15) is 0 Å². The number of aryl methyl sites for hydroxylation is 2. The molecule has 1 atom stereocenters. The largest absolute Gasteiger partial charge is 0.496 e. The molecule has 2 rings (SSSR count). The SMILES string of the molecule is COc1cc(C)c(C(NN)c2cc(Br)ccc2I)cc1C. The lowest BCUT2D eigenvalue weighted by Gasteiger charge is -2.22. The molecule has 5 heteroatoms. The van der Waals surface area contributed by atoms with Crippen LogP contribution in [0.15, 0.2) is 34.8 Å². The number of methoxy groups -OCH3 is 1. The van der Waals surface area contributed by atoms with Crippen LogP contribution in [0.1, 0.15) is 28.3 Å². The van der Waals surface area contributed by atoms with Crippen LogP contribution in [0.2, 0.25) is 0 Å². The second kappa shape index (κ2) is 7.09. The minimum Gasteiger partial charge on any atom is -0.496 e. The van der Waals surface area contributed by atoms with E-state index in [2.05, 4.69) is 75.1 Å². The van der Waals surface area contributed by atoms with Crippen molar-refractivity contribution in [1.29, 1.82) is 0 Å². The van der Waals surface area contributed by atoms with Crippen molar-refractivity contribution in [2.75, 3.05) is 7.11 Å². The first-order valence-electron chi connectivity index (χ1n) is 6.54. The molecule has 112 valence electrons. The van der Waals surface area contributed by atoms with Gasteiger partial charge in [-0.3, -0.25) is 5.84 Å². The Morgan fingerprint density at radius 1 is 1.14 bits per heavy atom. The van der Waals surface area contributed by atoms with Crippen molar-refractivity contribution in [1.82, 2.24) is 5.43 Å². The lowest BCUT2D eigenvalue weighted by Crippen LogP contribution is -2.30. The normalized spacial score (nSPS) is 12.3. The molecule has 0 bridgehead atoms. The van der Waals surface area contributed by atoms with Gasteiger partial charge in [-0.25, -0.2) is 5.43 Å². The average molecular weight is 461 g/mol. The Kier molecular flexibility index (Phi) is 5.65. The van der Waals surface area contributed by atoms with Crippen LogP contribution < -0.4 is 16.0 Å². The molecular weight excluding hydrogens is 443 g/mol. The predicted octanol–water partition coefficient (Wildman–Crippen LogP) is 4.23. The maximum absolute atomic E-state index is 5.85. The quantitative estimate of drug-likeness (QED) is 0.407. The molecule has 0 radical (unpaired) electrons. The van der Waals surface area contributed by atoms with Gasteiger partial charge in [-0.1, -0.05) is 22.0 Å². The summed E-state index contributed by atoms with van der Waals surface area (Å²) in [4.78, 5) is 0. The van der Waals surface area contributed by atoms with Gasteiger partial charge in [0.2, 0.25) is 0 Å². The number of hydrogen-bond donors (Lipinski definition) is 2. The Morgan fingerprint density at radius 2 is 1.86 bits per heavy atom. The van der Waals surface area contributed by atoms with Crippen molar-refractivity contribution in [3.05, 3.63) is 60.6 Å². The molecule has 2 aromatic carbocycles. The fraction of sp³-hybridized carbons (Fsp3) is 0.250. The molecule has 1 unspecified atom stereocenters. The van der Waals surface area contributed by atoms with Crippen molar-refractivity contribution in [2.45, 2.75) is 19.9 Å². The molecule has 0 aliphatic heterocycles. The number of hydrazine groups is 1. The van der Waals surface area contributed by atoms with Gasteiger partial charge in [-0.05, 0) is 83.0 Å². The van der Waals surface area contributed by atoms with E-state index in [1.807, 2.05) is 13.0 Å². The van der Waals surface area contributed by atoms with E-state index in [-0.39, 0.29) is 6.04 Å². The standard InChI is InChI=1S/C16H18BrIN2O/c1-9-7-15(21-3)10(2)6-12(9)16(20-19)13-8-11(17)4-5-14(13)18/h4-8,16,20H,19H2,1-3H3. The van der Waals surface area contributed by atoms with E-state index in [9.17, 15) is 0 Å². The topological polar surface area (TPSA) is 47.3 Å². The summed E-state index contributed by atoms with van der Waals surface area (Å²) >= 11 is 5.87. The van der Waals surface area contributed by atoms with E-state index in [0.717, 1.165) is 32.5 Å². The monoisotopic (exact) mass is 460 g/mol. The summed E-state index contributed by atoms with van der Waals surface area (Å²) in [5.74, 6) is 6.74. The summed E-state index contributed by atoms with van der Waals surface area (Å²) in [7, 11) is 1.69. The molecule has 0 aromatic heterocycles. The summed E-state index contributed by atoms with van der Waals surface area (Å²) in [6, 6.07) is 10.3. The fourth-order valence-corrected chi connectivity index (χ4v) is 3.45. The highest BCUT2D eigenvalue weighted by molar-refractivity contribution is 14.1. The van der Waals surface area contributed by atoms with E-state index < -0.39 is 0 Å². The Hall–Kier alpha value is -0.630. The van der Waals surface area contributed by atoms with Gasteiger partial charge in [0, 0.05) is 8.04 Å². The highest BCUT2D eigenvalue weighted by Gasteiger charge is 2.19. The molecule has 0 saturated carbocycles. The Balaban J connectivity index is 2.56. The van der Waals surface area contributed by atoms with Crippen molar-refractivity contribution in [3.63, 3.8) is 0 Å². The maximum Gasteiger partial charge on any atom is 0.122 e. The molecule has 0 saturated heterocycles. The number of hydrogen-bond acceptors (Lipinski definition) is 3. The van der Waals surface area contributed by atoms with Crippen LogP contribution in [0.3, 0.4) is 0 Å². The van der Waals surface area contributed by atoms with E-state index in [1.54, 1.807) is 7.11 Å². The van der Waals surface area contributed by atoms with E-state index in [0.29, 0.717) is 0 Å². The zero-order chi connectivity index (χ0) is 15.6. The zero-order valence-electron chi connectivity index (χ0n) is 12.2. The van der Waals surface area contributed by atoms with E-state index >= 15 is 0 Å². The third kappa shape index (κ3) is 3.59. The highest BCUT2D eigenvalue weighted by atomic mass is 127. The van der Waals surface area contributed by atoms with Crippen LogP contribution in [0, 0.1) is 17.4 Å². The average Bonchev–Trinajstić information content (AvgIpc) is 2.46. The maximum atomic E-state index is 5.85. The predicted molar refractivity (Wildman–Crippen MR) is 98.5 cm³/mol. The van der Waals surface area contributed by atoms with Crippen LogP contribution in [-0.2, 0) is 0 Å². The van der Waals surface area contributed by atoms with Crippen LogP contribution in [0.5, 0.6) is 5.75 Å². The zero-order valence-corrected chi connectivity index (χ0v) is 15.9. The van der Waals surface area contributed by atoms with E-state index in [1.165, 1.54) is 3.57 Å². The summed E-state index contributed by atoms with van der Waals surface area (Å²) in [6.45, 7) is 4.12. The molecule has 0 spiro atoms. The molecular formula is C16H18BrIN2O. The summed E-state index contributed by atoms with van der Waals surface area (Å²) in [5.41, 5.74) is 7.50. The van der Waals surface area contributed by atoms with Gasteiger partial charge in [0.05, 0.1) is 13.2 Å². The number of ether oxygens (including phenoxy) is 1. The molecule has 0 amide bonds. The molecule has 0 fully saturated rings. The molecule has 0 aliphatic rings. The minimum atomic E-state index is -0.0565. The number of nitrogens with two attached hydrogens (primary N) is 1. The van der Waals surface area contributed by atoms with Crippen molar-refractivity contribution in [2.24, 2.45) is 5.84 Å².